The zero-order valence-corrected chi connectivity index (χ0v) is 17.2. The Morgan fingerprint density at radius 3 is 2.88 bits per heavy atom. The molecule has 140 valence electrons. The maximum absolute atomic E-state index is 12.9. The summed E-state index contributed by atoms with van der Waals surface area (Å²) in [5.74, 6) is -0.0142. The highest BCUT2D eigenvalue weighted by molar-refractivity contribution is 9.10. The van der Waals surface area contributed by atoms with Crippen LogP contribution in [0.1, 0.15) is 29.8 Å². The van der Waals surface area contributed by atoms with Crippen molar-refractivity contribution >= 4 is 55.9 Å². The van der Waals surface area contributed by atoms with Gasteiger partial charge in [-0.3, -0.25) is 4.79 Å². The molecule has 2 aromatic rings. The van der Waals surface area contributed by atoms with Crippen LogP contribution in [0.4, 0.5) is 0 Å². The summed E-state index contributed by atoms with van der Waals surface area (Å²) in [7, 11) is 0. The SMILES string of the molecule is O=C1c2cc3c(Br)cc(Cl)c(Cl)c3n2CCN1CCOC1CCCCO1. The summed E-state index contributed by atoms with van der Waals surface area (Å²) >= 11 is 16.1. The van der Waals surface area contributed by atoms with Gasteiger partial charge in [-0.2, -0.15) is 0 Å². The molecule has 2 aliphatic heterocycles. The molecular formula is C18H19BrCl2N2O3. The largest absolute Gasteiger partial charge is 0.353 e. The van der Waals surface area contributed by atoms with Crippen LogP contribution in [-0.4, -0.2) is 48.0 Å². The average Bonchev–Trinajstić information content (AvgIpc) is 3.04. The molecule has 0 aliphatic carbocycles. The molecule has 1 unspecified atom stereocenters. The van der Waals surface area contributed by atoms with Crippen molar-refractivity contribution in [3.05, 3.63) is 32.3 Å². The van der Waals surface area contributed by atoms with Crippen molar-refractivity contribution in [2.75, 3.05) is 26.3 Å². The first kappa shape index (κ1) is 18.6. The molecule has 1 atom stereocenters. The molecule has 1 fully saturated rings. The minimum absolute atomic E-state index is 0.0142. The van der Waals surface area contributed by atoms with E-state index >= 15 is 0 Å². The van der Waals surface area contributed by atoms with Crippen LogP contribution in [0.15, 0.2) is 16.6 Å². The van der Waals surface area contributed by atoms with E-state index in [-0.39, 0.29) is 12.2 Å². The van der Waals surface area contributed by atoms with Gasteiger partial charge in [-0.25, -0.2) is 0 Å². The number of ether oxygens (including phenoxy) is 2. The van der Waals surface area contributed by atoms with Crippen LogP contribution >= 0.6 is 39.1 Å². The third-order valence-electron chi connectivity index (χ3n) is 4.93. The number of benzene rings is 1. The zero-order chi connectivity index (χ0) is 18.3. The number of hydrogen-bond acceptors (Lipinski definition) is 3. The number of carbonyl (C=O) groups is 1. The van der Waals surface area contributed by atoms with Crippen LogP contribution in [-0.2, 0) is 16.0 Å². The fraction of sp³-hybridized carbons (Fsp3) is 0.500. The second-order valence-corrected chi connectivity index (χ2v) is 8.20. The van der Waals surface area contributed by atoms with E-state index in [1.165, 1.54) is 0 Å². The molecule has 0 radical (unpaired) electrons. The van der Waals surface area contributed by atoms with Crippen molar-refractivity contribution in [2.24, 2.45) is 0 Å². The number of halogens is 3. The van der Waals surface area contributed by atoms with E-state index in [2.05, 4.69) is 15.9 Å². The molecule has 0 spiro atoms. The van der Waals surface area contributed by atoms with Gasteiger partial charge in [-0.1, -0.05) is 39.1 Å². The van der Waals surface area contributed by atoms with Crippen LogP contribution in [0, 0.1) is 0 Å². The molecule has 3 heterocycles. The van der Waals surface area contributed by atoms with Crippen LogP contribution < -0.4 is 0 Å². The van der Waals surface area contributed by atoms with E-state index < -0.39 is 0 Å². The Morgan fingerprint density at radius 2 is 2.12 bits per heavy atom. The van der Waals surface area contributed by atoms with E-state index in [9.17, 15) is 4.79 Å². The van der Waals surface area contributed by atoms with Gasteiger partial charge in [0.2, 0.25) is 0 Å². The first-order chi connectivity index (χ1) is 12.6. The standard InChI is InChI=1S/C18H19BrCl2N2O3/c19-12-10-13(20)16(21)17-11(12)9-14-18(24)22(4-5-23(14)17)6-8-26-15-3-1-2-7-25-15/h9-10,15H,1-8H2. The Bertz CT molecular complexity index is 849. The molecule has 1 aromatic heterocycles. The Kier molecular flexibility index (Phi) is 5.48. The minimum Gasteiger partial charge on any atom is -0.353 e. The molecule has 0 N–H and O–H groups in total. The van der Waals surface area contributed by atoms with Crippen molar-refractivity contribution in [3.63, 3.8) is 0 Å². The first-order valence-electron chi connectivity index (χ1n) is 8.75. The predicted octanol–water partition coefficient (Wildman–Crippen LogP) is 4.71. The predicted molar refractivity (Wildman–Crippen MR) is 105 cm³/mol. The molecular weight excluding hydrogens is 443 g/mol. The number of hydrogen-bond donors (Lipinski definition) is 0. The van der Waals surface area contributed by atoms with E-state index in [0.29, 0.717) is 42.0 Å². The fourth-order valence-corrected chi connectivity index (χ4v) is 4.70. The van der Waals surface area contributed by atoms with Crippen molar-refractivity contribution in [2.45, 2.75) is 32.1 Å². The smallest absolute Gasteiger partial charge is 0.270 e. The van der Waals surface area contributed by atoms with E-state index in [4.69, 9.17) is 32.7 Å². The van der Waals surface area contributed by atoms with Gasteiger partial charge in [0, 0.05) is 36.1 Å². The number of carbonyl (C=O) groups excluding carboxylic acids is 1. The molecule has 0 bridgehead atoms. The number of fused-ring (bicyclic) bond motifs is 3. The molecule has 1 saturated heterocycles. The lowest BCUT2D eigenvalue weighted by molar-refractivity contribution is -0.163. The third-order valence-corrected chi connectivity index (χ3v) is 6.36. The van der Waals surface area contributed by atoms with Gasteiger partial charge < -0.3 is 18.9 Å². The second kappa shape index (κ2) is 7.68. The molecule has 0 saturated carbocycles. The summed E-state index contributed by atoms with van der Waals surface area (Å²) in [5.41, 5.74) is 1.44. The lowest BCUT2D eigenvalue weighted by atomic mass is 10.2. The second-order valence-electron chi connectivity index (χ2n) is 6.56. The van der Waals surface area contributed by atoms with Gasteiger partial charge in [0.1, 0.15) is 5.69 Å². The normalized spacial score (nSPS) is 20.7. The molecule has 1 aromatic carbocycles. The van der Waals surface area contributed by atoms with Crippen molar-refractivity contribution in [1.29, 1.82) is 0 Å². The Balaban J connectivity index is 1.50. The Labute approximate surface area is 170 Å². The minimum atomic E-state index is -0.132. The van der Waals surface area contributed by atoms with Crippen molar-refractivity contribution in [3.8, 4) is 0 Å². The highest BCUT2D eigenvalue weighted by atomic mass is 79.9. The average molecular weight is 462 g/mol. The van der Waals surface area contributed by atoms with Crippen molar-refractivity contribution in [1.82, 2.24) is 9.47 Å². The maximum Gasteiger partial charge on any atom is 0.270 e. The topological polar surface area (TPSA) is 43.7 Å². The summed E-state index contributed by atoms with van der Waals surface area (Å²) < 4.78 is 14.1. The zero-order valence-electron chi connectivity index (χ0n) is 14.1. The number of aromatic nitrogens is 1. The lowest BCUT2D eigenvalue weighted by Gasteiger charge is -2.30. The van der Waals surface area contributed by atoms with Gasteiger partial charge in [0.25, 0.3) is 5.91 Å². The number of rotatable bonds is 4. The summed E-state index contributed by atoms with van der Waals surface area (Å²) in [4.78, 5) is 14.7. The van der Waals surface area contributed by atoms with Crippen LogP contribution in [0.3, 0.4) is 0 Å². The van der Waals surface area contributed by atoms with E-state index in [1.807, 2.05) is 15.5 Å². The highest BCUT2D eigenvalue weighted by Gasteiger charge is 2.28. The summed E-state index contributed by atoms with van der Waals surface area (Å²) in [6.45, 7) is 3.08. The molecule has 5 nitrogen and oxygen atoms in total. The van der Waals surface area contributed by atoms with E-state index in [1.54, 1.807) is 6.07 Å². The lowest BCUT2D eigenvalue weighted by Crippen LogP contribution is -2.42. The van der Waals surface area contributed by atoms with Gasteiger partial charge in [0.05, 0.1) is 22.2 Å². The first-order valence-corrected chi connectivity index (χ1v) is 10.3. The fourth-order valence-electron chi connectivity index (χ4n) is 3.58. The summed E-state index contributed by atoms with van der Waals surface area (Å²) in [6.07, 6.45) is 3.02. The molecule has 8 heteroatoms. The van der Waals surface area contributed by atoms with Gasteiger partial charge >= 0.3 is 0 Å². The molecule has 1 amide bonds. The van der Waals surface area contributed by atoms with Crippen LogP contribution in [0.25, 0.3) is 10.9 Å². The van der Waals surface area contributed by atoms with Gasteiger partial charge in [0.15, 0.2) is 6.29 Å². The van der Waals surface area contributed by atoms with Gasteiger partial charge in [-0.15, -0.1) is 0 Å². The number of amides is 1. The number of nitrogens with zero attached hydrogens (tertiary/aromatic N) is 2. The highest BCUT2D eigenvalue weighted by Crippen LogP contribution is 2.39. The molecule has 4 rings (SSSR count). The Hall–Kier alpha value is -0.790. The maximum atomic E-state index is 12.9. The monoisotopic (exact) mass is 460 g/mol. The third kappa shape index (κ3) is 3.38. The molecule has 2 aliphatic rings. The van der Waals surface area contributed by atoms with Crippen LogP contribution in [0.5, 0.6) is 0 Å². The molecule has 26 heavy (non-hydrogen) atoms. The quantitative estimate of drug-likeness (QED) is 0.619. The van der Waals surface area contributed by atoms with Crippen LogP contribution in [0.2, 0.25) is 10.0 Å². The summed E-state index contributed by atoms with van der Waals surface area (Å²) in [6, 6.07) is 3.64. The van der Waals surface area contributed by atoms with Gasteiger partial charge in [-0.05, 0) is 31.4 Å². The van der Waals surface area contributed by atoms with E-state index in [0.717, 1.165) is 41.2 Å². The van der Waals surface area contributed by atoms with Crippen molar-refractivity contribution < 1.29 is 14.3 Å². The summed E-state index contributed by atoms with van der Waals surface area (Å²) in [5, 5.41) is 1.86. The Morgan fingerprint density at radius 1 is 1.27 bits per heavy atom.